The lowest BCUT2D eigenvalue weighted by Crippen LogP contribution is -2.40. The maximum atomic E-state index is 13.5. The Morgan fingerprint density at radius 2 is 1.28 bits per heavy atom. The quantitative estimate of drug-likeness (QED) is 0.149. The number of nitrogens with one attached hydrogen (secondary N) is 2. The first-order valence-electron chi connectivity index (χ1n) is 17.9. The van der Waals surface area contributed by atoms with Crippen LogP contribution in [0.1, 0.15) is 68.4 Å². The van der Waals surface area contributed by atoms with E-state index in [2.05, 4.69) is 10.6 Å². The number of halogens is 3. The maximum Gasteiger partial charge on any atom is 0.337 e. The van der Waals surface area contributed by atoms with E-state index in [1.165, 1.54) is 19.2 Å². The fraction of sp³-hybridized carbons (Fsp3) is 0.405. The van der Waals surface area contributed by atoms with Gasteiger partial charge in [-0.05, 0) is 122 Å². The van der Waals surface area contributed by atoms with E-state index < -0.39 is 5.97 Å². The Bertz CT molecular complexity index is 1840. The topological polar surface area (TPSA) is 87.3 Å². The van der Waals surface area contributed by atoms with E-state index in [9.17, 15) is 13.6 Å². The molecule has 0 aliphatic carbocycles. The minimum atomic E-state index is -0.407. The zero-order valence-electron chi connectivity index (χ0n) is 31.0. The van der Waals surface area contributed by atoms with E-state index in [-0.39, 0.29) is 35.7 Å². The van der Waals surface area contributed by atoms with Crippen molar-refractivity contribution in [3.8, 4) is 11.5 Å². The molecule has 2 aliphatic heterocycles. The Morgan fingerprint density at radius 1 is 0.717 bits per heavy atom. The number of piperidine rings is 2. The molecule has 0 saturated carbocycles. The summed E-state index contributed by atoms with van der Waals surface area (Å²) in [6, 6.07) is 20.6. The van der Waals surface area contributed by atoms with Crippen molar-refractivity contribution in [2.75, 3.05) is 47.5 Å². The van der Waals surface area contributed by atoms with Crippen LogP contribution in [0.25, 0.3) is 0 Å². The number of rotatable bonds is 11. The summed E-state index contributed by atoms with van der Waals surface area (Å²) in [4.78, 5) is 11.7. The molecule has 2 saturated heterocycles. The first-order chi connectivity index (χ1) is 25.6. The van der Waals surface area contributed by atoms with Gasteiger partial charge in [0.05, 0.1) is 52.3 Å². The molecule has 4 aromatic carbocycles. The smallest absolute Gasteiger partial charge is 0.337 e. The second-order valence-corrected chi connectivity index (χ2v) is 13.8. The van der Waals surface area contributed by atoms with Crippen LogP contribution in [0.5, 0.6) is 11.5 Å². The van der Waals surface area contributed by atoms with Gasteiger partial charge in [0.2, 0.25) is 0 Å². The Balaban J connectivity index is 0.000000206. The fourth-order valence-corrected chi connectivity index (χ4v) is 7.26. The number of hydrogen-bond acceptors (Lipinski definition) is 8. The van der Waals surface area contributed by atoms with E-state index in [0.717, 1.165) is 78.2 Å². The summed E-state index contributed by atoms with van der Waals surface area (Å²) < 4.78 is 54.8. The number of ether oxygens (including phenoxy) is 5. The number of aryl methyl sites for hydroxylation is 2. The number of benzene rings is 4. The Labute approximate surface area is 316 Å². The van der Waals surface area contributed by atoms with Crippen LogP contribution in [0.15, 0.2) is 72.8 Å². The summed E-state index contributed by atoms with van der Waals surface area (Å²) >= 11 is 6.28. The minimum Gasteiger partial charge on any atom is -0.497 e. The van der Waals surface area contributed by atoms with Gasteiger partial charge in [-0.15, -0.1) is 0 Å². The van der Waals surface area contributed by atoms with Gasteiger partial charge in [-0.3, -0.25) is 0 Å². The third kappa shape index (κ3) is 10.5. The van der Waals surface area contributed by atoms with Gasteiger partial charge < -0.3 is 34.3 Å². The number of methoxy groups -OCH3 is 3. The van der Waals surface area contributed by atoms with Gasteiger partial charge in [0.1, 0.15) is 23.1 Å². The third-order valence-electron chi connectivity index (χ3n) is 9.97. The van der Waals surface area contributed by atoms with Crippen molar-refractivity contribution in [2.45, 2.75) is 63.9 Å². The van der Waals surface area contributed by atoms with Crippen molar-refractivity contribution < 1.29 is 37.3 Å². The highest BCUT2D eigenvalue weighted by molar-refractivity contribution is 6.31. The monoisotopic (exact) mass is 750 g/mol. The lowest BCUT2D eigenvalue weighted by molar-refractivity contribution is 0.00598. The van der Waals surface area contributed by atoms with Crippen molar-refractivity contribution in [1.82, 2.24) is 10.6 Å². The van der Waals surface area contributed by atoms with E-state index in [0.29, 0.717) is 29.5 Å². The van der Waals surface area contributed by atoms with Crippen LogP contribution in [0.4, 0.5) is 8.78 Å². The largest absolute Gasteiger partial charge is 0.497 e. The highest BCUT2D eigenvalue weighted by Gasteiger charge is 2.30. The second kappa shape index (κ2) is 19.3. The zero-order valence-corrected chi connectivity index (χ0v) is 31.7. The first-order valence-corrected chi connectivity index (χ1v) is 18.2. The molecule has 6 rings (SSSR count). The lowest BCUT2D eigenvalue weighted by atomic mass is 9.86. The molecule has 53 heavy (non-hydrogen) atoms. The number of hydrogen-bond donors (Lipinski definition) is 2. The maximum absolute atomic E-state index is 13.5. The fourth-order valence-electron chi connectivity index (χ4n) is 7.09. The molecule has 8 nitrogen and oxygen atoms in total. The average Bonchev–Trinajstić information content (AvgIpc) is 3.17. The molecule has 0 spiro atoms. The van der Waals surface area contributed by atoms with Gasteiger partial charge in [0, 0.05) is 35.5 Å². The summed E-state index contributed by atoms with van der Waals surface area (Å²) in [6.07, 6.45) is 1.84. The van der Waals surface area contributed by atoms with Crippen molar-refractivity contribution in [3.05, 3.63) is 128 Å². The van der Waals surface area contributed by atoms with Crippen LogP contribution in [0.3, 0.4) is 0 Å². The highest BCUT2D eigenvalue weighted by atomic mass is 35.5. The van der Waals surface area contributed by atoms with Crippen LogP contribution in [-0.2, 0) is 27.4 Å². The van der Waals surface area contributed by atoms with Crippen LogP contribution in [0.2, 0.25) is 5.02 Å². The van der Waals surface area contributed by atoms with Gasteiger partial charge in [0.15, 0.2) is 0 Å². The number of carbonyl (C=O) groups excluding carboxylic acids is 1. The molecule has 0 amide bonds. The first kappa shape index (κ1) is 40.1. The van der Waals surface area contributed by atoms with E-state index >= 15 is 0 Å². The van der Waals surface area contributed by atoms with Crippen molar-refractivity contribution in [2.24, 2.45) is 0 Å². The molecule has 2 N–H and O–H groups in total. The zero-order chi connectivity index (χ0) is 37.9. The molecule has 2 fully saturated rings. The molecule has 0 aromatic heterocycles. The predicted octanol–water partition coefficient (Wildman–Crippen LogP) is 8.05. The Hall–Kier alpha value is -4.06. The molecule has 4 atom stereocenters. The van der Waals surface area contributed by atoms with Crippen molar-refractivity contribution in [1.29, 1.82) is 0 Å². The highest BCUT2D eigenvalue weighted by Crippen LogP contribution is 2.33. The summed E-state index contributed by atoms with van der Waals surface area (Å²) in [7, 11) is 4.55. The molecule has 2 aliphatic rings. The van der Waals surface area contributed by atoms with E-state index in [1.54, 1.807) is 38.5 Å². The molecular formula is C42H49ClF2N2O6. The summed E-state index contributed by atoms with van der Waals surface area (Å²) in [5.41, 5.74) is 6.34. The van der Waals surface area contributed by atoms with Gasteiger partial charge in [-0.1, -0.05) is 29.8 Å². The minimum absolute atomic E-state index is 0.00963. The molecule has 2 heterocycles. The molecule has 0 bridgehead atoms. The lowest BCUT2D eigenvalue weighted by Gasteiger charge is -2.33. The van der Waals surface area contributed by atoms with Crippen LogP contribution >= 0.6 is 11.6 Å². The second-order valence-electron chi connectivity index (χ2n) is 13.4. The Morgan fingerprint density at radius 3 is 1.79 bits per heavy atom. The molecule has 4 aromatic rings. The molecule has 0 radical (unpaired) electrons. The third-order valence-corrected chi connectivity index (χ3v) is 10.3. The van der Waals surface area contributed by atoms with Crippen molar-refractivity contribution >= 4 is 17.6 Å². The standard InChI is InChI=1S/C22H26FNO4.C20H23ClFNO2/c1-14-10-17(23)6-7-18(14)19-12-24-9-8-20(19)28-13-16-5-4-15(22(25)27-3)11-21(16)26-2;1-13-9-15(22)3-5-17(13)18-11-23-8-7-20(18)25-12-14-10-16(24-2)4-6-19(14)21/h4-7,10-11,19-20,24H,8-9,12-13H2,1-3H3;3-6,9-10,18,20,23H,7-8,11-12H2,1-2H3. The number of esters is 1. The molecule has 11 heteroatoms. The SMILES string of the molecule is COC(=O)c1ccc(COC2CCNCC2c2ccc(F)cc2C)c(OC)c1.COc1ccc(Cl)c(COC2CCNCC2c2ccc(F)cc2C)c1. The van der Waals surface area contributed by atoms with Crippen LogP contribution in [-0.4, -0.2) is 65.7 Å². The van der Waals surface area contributed by atoms with Crippen LogP contribution < -0.4 is 20.1 Å². The predicted molar refractivity (Wildman–Crippen MR) is 202 cm³/mol. The molecule has 4 unspecified atom stereocenters. The van der Waals surface area contributed by atoms with E-state index in [1.807, 2.05) is 50.2 Å². The van der Waals surface area contributed by atoms with Gasteiger partial charge in [-0.25, -0.2) is 13.6 Å². The Kier molecular flexibility index (Phi) is 14.6. The molecule has 284 valence electrons. The normalized spacial score (nSPS) is 19.8. The van der Waals surface area contributed by atoms with E-state index in [4.69, 9.17) is 35.3 Å². The summed E-state index contributed by atoms with van der Waals surface area (Å²) in [6.45, 7) is 8.07. The number of carbonyl (C=O) groups is 1. The molecular weight excluding hydrogens is 702 g/mol. The van der Waals surface area contributed by atoms with Gasteiger partial charge in [-0.2, -0.15) is 0 Å². The summed E-state index contributed by atoms with van der Waals surface area (Å²) in [5.74, 6) is 0.860. The van der Waals surface area contributed by atoms with Crippen molar-refractivity contribution in [3.63, 3.8) is 0 Å². The average molecular weight is 751 g/mol. The van der Waals surface area contributed by atoms with Gasteiger partial charge in [0.25, 0.3) is 0 Å². The van der Waals surface area contributed by atoms with Gasteiger partial charge >= 0.3 is 5.97 Å². The summed E-state index contributed by atoms with van der Waals surface area (Å²) in [5, 5.41) is 7.49. The van der Waals surface area contributed by atoms with Crippen LogP contribution in [0, 0.1) is 25.5 Å².